The van der Waals surface area contributed by atoms with E-state index < -0.39 is 20.0 Å². The van der Waals surface area contributed by atoms with Gasteiger partial charge in [-0.25, -0.2) is 16.8 Å². The maximum absolute atomic E-state index is 11.3. The van der Waals surface area contributed by atoms with E-state index in [0.717, 1.165) is 8.83 Å². The van der Waals surface area contributed by atoms with Gasteiger partial charge in [0.1, 0.15) is 0 Å². The number of hydrazine groups is 1. The van der Waals surface area contributed by atoms with E-state index in [1.807, 2.05) is 0 Å². The van der Waals surface area contributed by atoms with Crippen LogP contribution in [0.4, 0.5) is 0 Å². The first-order valence-electron chi connectivity index (χ1n) is 4.12. The Hall–Kier alpha value is -0.180. The van der Waals surface area contributed by atoms with Crippen molar-refractivity contribution in [3.8, 4) is 0 Å². The lowest BCUT2D eigenvalue weighted by atomic mass is 11.0. The zero-order valence-corrected chi connectivity index (χ0v) is 10.4. The van der Waals surface area contributed by atoms with Gasteiger partial charge in [0, 0.05) is 14.1 Å². The molecule has 0 N–H and O–H groups in total. The molecule has 0 aliphatic carbocycles. The molecule has 0 aromatic rings. The van der Waals surface area contributed by atoms with E-state index in [2.05, 4.69) is 0 Å². The number of sulfonamides is 2. The summed E-state index contributed by atoms with van der Waals surface area (Å²) in [6.45, 7) is 2.91. The van der Waals surface area contributed by atoms with Crippen molar-refractivity contribution in [2.75, 3.05) is 25.6 Å². The van der Waals surface area contributed by atoms with Crippen molar-refractivity contribution in [1.82, 2.24) is 8.83 Å². The Balaban J connectivity index is 5.00. The van der Waals surface area contributed by atoms with Crippen molar-refractivity contribution in [2.45, 2.75) is 13.8 Å². The summed E-state index contributed by atoms with van der Waals surface area (Å²) in [5.74, 6) is -0.264. The van der Waals surface area contributed by atoms with Crippen LogP contribution in [-0.4, -0.2) is 51.3 Å². The fourth-order valence-electron chi connectivity index (χ4n) is 0.724. The van der Waals surface area contributed by atoms with Gasteiger partial charge in [-0.2, -0.15) is 0 Å². The number of rotatable bonds is 5. The summed E-state index contributed by atoms with van der Waals surface area (Å²) in [5.41, 5.74) is 0. The third-order valence-electron chi connectivity index (χ3n) is 1.93. The van der Waals surface area contributed by atoms with E-state index in [1.165, 1.54) is 27.9 Å². The smallest absolute Gasteiger partial charge is 0.211 e. The molecule has 0 atom stereocenters. The minimum atomic E-state index is -3.51. The molecule has 0 aliphatic heterocycles. The summed E-state index contributed by atoms with van der Waals surface area (Å²) in [7, 11) is -4.59. The van der Waals surface area contributed by atoms with Crippen LogP contribution in [0.15, 0.2) is 0 Å². The molecule has 0 spiro atoms. The van der Waals surface area contributed by atoms with E-state index in [4.69, 9.17) is 0 Å². The van der Waals surface area contributed by atoms with Crippen LogP contribution in [0.1, 0.15) is 13.8 Å². The maximum atomic E-state index is 11.3. The fourth-order valence-corrected chi connectivity index (χ4v) is 2.78. The maximum Gasteiger partial charge on any atom is 0.227 e. The van der Waals surface area contributed by atoms with E-state index in [0.29, 0.717) is 0 Å². The molecule has 0 aliphatic rings. The van der Waals surface area contributed by atoms with Crippen LogP contribution in [0.5, 0.6) is 0 Å². The van der Waals surface area contributed by atoms with Crippen LogP contribution in [0, 0.1) is 0 Å². The van der Waals surface area contributed by atoms with Gasteiger partial charge in [-0.05, 0) is 13.8 Å². The van der Waals surface area contributed by atoms with Crippen molar-refractivity contribution in [3.63, 3.8) is 0 Å². The SMILES string of the molecule is CCS(=O)(=O)N(C)N(C)S(=O)(=O)CC. The lowest BCUT2D eigenvalue weighted by Crippen LogP contribution is -2.45. The average molecular weight is 244 g/mol. The molecule has 8 heteroatoms. The Morgan fingerprint density at radius 1 is 0.786 bits per heavy atom. The first-order chi connectivity index (χ1) is 6.19. The van der Waals surface area contributed by atoms with Crippen molar-refractivity contribution >= 4 is 20.0 Å². The summed E-state index contributed by atoms with van der Waals surface area (Å²) in [6.07, 6.45) is 0. The van der Waals surface area contributed by atoms with Gasteiger partial charge >= 0.3 is 0 Å². The van der Waals surface area contributed by atoms with Gasteiger partial charge in [-0.15, -0.1) is 8.83 Å². The van der Waals surface area contributed by atoms with Gasteiger partial charge in [0.15, 0.2) is 0 Å². The van der Waals surface area contributed by atoms with Crippen molar-refractivity contribution < 1.29 is 16.8 Å². The number of hydrogen-bond donors (Lipinski definition) is 0. The summed E-state index contributed by atoms with van der Waals surface area (Å²) >= 11 is 0. The zero-order chi connectivity index (χ0) is 11.6. The van der Waals surface area contributed by atoms with Gasteiger partial charge in [0.05, 0.1) is 11.5 Å². The summed E-state index contributed by atoms with van der Waals surface area (Å²) in [6, 6.07) is 0. The second kappa shape index (κ2) is 4.56. The van der Waals surface area contributed by atoms with Crippen LogP contribution in [0.25, 0.3) is 0 Å². The first-order valence-corrected chi connectivity index (χ1v) is 7.34. The standard InChI is InChI=1S/C6H16N2O4S2/c1-5-13(9,10)7(3)8(4)14(11,12)6-2/h5-6H2,1-4H3. The molecule has 0 radical (unpaired) electrons. The van der Waals surface area contributed by atoms with Crippen LogP contribution in [-0.2, 0) is 20.0 Å². The highest BCUT2D eigenvalue weighted by atomic mass is 32.2. The Kier molecular flexibility index (Phi) is 4.50. The van der Waals surface area contributed by atoms with E-state index in [9.17, 15) is 16.8 Å². The molecular weight excluding hydrogens is 228 g/mol. The Labute approximate surface area is 85.6 Å². The predicted octanol–water partition coefficient (Wildman–Crippen LogP) is -0.536. The molecule has 0 aromatic heterocycles. The predicted molar refractivity (Wildman–Crippen MR) is 54.4 cm³/mol. The quantitative estimate of drug-likeness (QED) is 0.609. The highest BCUT2D eigenvalue weighted by Gasteiger charge is 2.27. The second-order valence-corrected chi connectivity index (χ2v) is 7.21. The third-order valence-corrected chi connectivity index (χ3v) is 5.59. The summed E-state index contributed by atoms with van der Waals surface area (Å²) in [4.78, 5) is 0. The molecule has 0 aromatic carbocycles. The molecule has 86 valence electrons. The number of nitrogens with zero attached hydrogens (tertiary/aromatic N) is 2. The van der Waals surface area contributed by atoms with E-state index in [1.54, 1.807) is 0 Å². The van der Waals surface area contributed by atoms with Gasteiger partial charge in [0.2, 0.25) is 20.0 Å². The van der Waals surface area contributed by atoms with Gasteiger partial charge in [-0.3, -0.25) is 0 Å². The molecule has 0 saturated heterocycles. The molecule has 0 fully saturated rings. The largest absolute Gasteiger partial charge is 0.227 e. The Morgan fingerprint density at radius 2 is 1.00 bits per heavy atom. The minimum Gasteiger partial charge on any atom is -0.211 e. The van der Waals surface area contributed by atoms with Crippen molar-refractivity contribution in [2.24, 2.45) is 0 Å². The summed E-state index contributed by atoms with van der Waals surface area (Å²) in [5, 5.41) is 0. The topological polar surface area (TPSA) is 74.8 Å². The fraction of sp³-hybridized carbons (Fsp3) is 1.00. The molecule has 14 heavy (non-hydrogen) atoms. The molecule has 6 nitrogen and oxygen atoms in total. The average Bonchev–Trinajstić information content (AvgIpc) is 2.15. The number of hydrogen-bond acceptors (Lipinski definition) is 4. The molecule has 0 rings (SSSR count). The summed E-state index contributed by atoms with van der Waals surface area (Å²) < 4.78 is 46.8. The normalized spacial score (nSPS) is 13.9. The van der Waals surface area contributed by atoms with E-state index >= 15 is 0 Å². The van der Waals surface area contributed by atoms with Crippen LogP contribution in [0.3, 0.4) is 0 Å². The zero-order valence-electron chi connectivity index (χ0n) is 8.76. The van der Waals surface area contributed by atoms with Crippen LogP contribution >= 0.6 is 0 Å². The highest BCUT2D eigenvalue weighted by molar-refractivity contribution is 7.91. The Bertz CT molecular complexity index is 335. The van der Waals surface area contributed by atoms with Crippen molar-refractivity contribution in [1.29, 1.82) is 0 Å². The monoisotopic (exact) mass is 244 g/mol. The Morgan fingerprint density at radius 3 is 1.14 bits per heavy atom. The van der Waals surface area contributed by atoms with Crippen LogP contribution < -0.4 is 0 Å². The van der Waals surface area contributed by atoms with Crippen LogP contribution in [0.2, 0.25) is 0 Å². The van der Waals surface area contributed by atoms with Crippen molar-refractivity contribution in [3.05, 3.63) is 0 Å². The second-order valence-electron chi connectivity index (χ2n) is 2.67. The highest BCUT2D eigenvalue weighted by Crippen LogP contribution is 2.07. The van der Waals surface area contributed by atoms with Gasteiger partial charge in [-0.1, -0.05) is 0 Å². The molecule has 0 bridgehead atoms. The lowest BCUT2D eigenvalue weighted by Gasteiger charge is -2.25. The molecule has 0 heterocycles. The molecular formula is C6H16N2O4S2. The minimum absolute atomic E-state index is 0.132. The lowest BCUT2D eigenvalue weighted by molar-refractivity contribution is 0.235. The van der Waals surface area contributed by atoms with E-state index in [-0.39, 0.29) is 11.5 Å². The van der Waals surface area contributed by atoms with Gasteiger partial charge < -0.3 is 0 Å². The van der Waals surface area contributed by atoms with Gasteiger partial charge in [0.25, 0.3) is 0 Å². The molecule has 0 saturated carbocycles. The third kappa shape index (κ3) is 2.91. The first kappa shape index (κ1) is 13.8. The molecule has 0 amide bonds. The molecule has 0 unspecified atom stereocenters.